The monoisotopic (exact) mass is 138 g/mol. The number of fused-ring (bicyclic) bond motifs is 1. The van der Waals surface area contributed by atoms with Crippen LogP contribution in [0.25, 0.3) is 0 Å². The van der Waals surface area contributed by atoms with Gasteiger partial charge in [0.05, 0.1) is 12.4 Å². The first-order valence-electron chi connectivity index (χ1n) is 3.03. The van der Waals surface area contributed by atoms with Crippen molar-refractivity contribution in [2.75, 3.05) is 13.2 Å². The van der Waals surface area contributed by atoms with E-state index in [-0.39, 0.29) is 0 Å². The van der Waals surface area contributed by atoms with Crippen molar-refractivity contribution >= 4 is 0 Å². The van der Waals surface area contributed by atoms with Crippen LogP contribution in [0.15, 0.2) is 12.4 Å². The predicted octanol–water partition coefficient (Wildman–Crippen LogP) is 0.248. The van der Waals surface area contributed by atoms with Gasteiger partial charge in [0.15, 0.2) is 11.5 Å². The van der Waals surface area contributed by atoms with Crippen LogP contribution in [0.5, 0.6) is 11.5 Å². The van der Waals surface area contributed by atoms with E-state index in [4.69, 9.17) is 9.47 Å². The molecule has 0 amide bonds. The summed E-state index contributed by atoms with van der Waals surface area (Å²) in [5.74, 6) is 1.36. The van der Waals surface area contributed by atoms with E-state index in [1.165, 1.54) is 0 Å². The van der Waals surface area contributed by atoms with Gasteiger partial charge in [-0.3, -0.25) is 0 Å². The van der Waals surface area contributed by atoms with Gasteiger partial charge in [-0.25, -0.2) is 0 Å². The van der Waals surface area contributed by atoms with Gasteiger partial charge in [-0.05, 0) is 0 Å². The normalized spacial score (nSPS) is 14.8. The molecule has 2 rings (SSSR count). The lowest BCUT2D eigenvalue weighted by Crippen LogP contribution is -2.15. The first-order chi connectivity index (χ1) is 4.97. The molecule has 0 aromatic carbocycles. The van der Waals surface area contributed by atoms with Crippen LogP contribution in [0.4, 0.5) is 0 Å². The summed E-state index contributed by atoms with van der Waals surface area (Å²) in [6, 6.07) is 0. The fraction of sp³-hybridized carbons (Fsp3) is 0.333. The summed E-state index contributed by atoms with van der Waals surface area (Å²) in [6.07, 6.45) is 3.10. The molecule has 0 atom stereocenters. The molecule has 1 aromatic rings. The highest BCUT2D eigenvalue weighted by atomic mass is 16.6. The van der Waals surface area contributed by atoms with Gasteiger partial charge in [-0.15, -0.1) is 0 Å². The maximum Gasteiger partial charge on any atom is 0.183 e. The zero-order chi connectivity index (χ0) is 6.81. The Balaban J connectivity index is 2.41. The quantitative estimate of drug-likeness (QED) is 0.515. The molecule has 4 heteroatoms. The van der Waals surface area contributed by atoms with Crippen LogP contribution in [0, 0.1) is 0 Å². The van der Waals surface area contributed by atoms with Gasteiger partial charge in [0, 0.05) is 0 Å². The van der Waals surface area contributed by atoms with Gasteiger partial charge in [-0.1, -0.05) is 0 Å². The van der Waals surface area contributed by atoms with Crippen molar-refractivity contribution in [2.24, 2.45) is 0 Å². The van der Waals surface area contributed by atoms with Crippen LogP contribution in [-0.2, 0) is 0 Å². The third kappa shape index (κ3) is 0.775. The number of hydrogen-bond acceptors (Lipinski definition) is 4. The van der Waals surface area contributed by atoms with Crippen molar-refractivity contribution in [2.45, 2.75) is 0 Å². The molecular weight excluding hydrogens is 132 g/mol. The SMILES string of the molecule is c1nncc2c1OCCO2. The molecule has 0 radical (unpaired) electrons. The van der Waals surface area contributed by atoms with Gasteiger partial charge in [0.1, 0.15) is 13.2 Å². The first kappa shape index (κ1) is 5.46. The van der Waals surface area contributed by atoms with E-state index in [1.54, 1.807) is 12.4 Å². The highest BCUT2D eigenvalue weighted by molar-refractivity contribution is 5.35. The molecular formula is C6H6N2O2. The van der Waals surface area contributed by atoms with E-state index < -0.39 is 0 Å². The minimum atomic E-state index is 0.596. The lowest BCUT2D eigenvalue weighted by molar-refractivity contribution is 0.169. The second kappa shape index (κ2) is 2.13. The Bertz CT molecular complexity index is 214. The van der Waals surface area contributed by atoms with E-state index in [2.05, 4.69) is 10.2 Å². The molecule has 1 aliphatic heterocycles. The fourth-order valence-electron chi connectivity index (χ4n) is 0.819. The lowest BCUT2D eigenvalue weighted by atomic mass is 10.4. The molecule has 0 unspecified atom stereocenters. The number of rotatable bonds is 0. The minimum Gasteiger partial charge on any atom is -0.484 e. The molecule has 0 bridgehead atoms. The maximum atomic E-state index is 5.20. The van der Waals surface area contributed by atoms with Crippen molar-refractivity contribution in [3.8, 4) is 11.5 Å². The van der Waals surface area contributed by atoms with E-state index in [0.29, 0.717) is 24.7 Å². The average molecular weight is 138 g/mol. The van der Waals surface area contributed by atoms with Crippen molar-refractivity contribution < 1.29 is 9.47 Å². The van der Waals surface area contributed by atoms with Crippen molar-refractivity contribution in [1.82, 2.24) is 10.2 Å². The molecule has 10 heavy (non-hydrogen) atoms. The molecule has 0 fully saturated rings. The van der Waals surface area contributed by atoms with Gasteiger partial charge in [-0.2, -0.15) is 10.2 Å². The molecule has 0 spiro atoms. The summed E-state index contributed by atoms with van der Waals surface area (Å²) in [7, 11) is 0. The second-order valence-electron chi connectivity index (χ2n) is 1.91. The number of hydrogen-bond donors (Lipinski definition) is 0. The first-order valence-corrected chi connectivity index (χ1v) is 3.03. The van der Waals surface area contributed by atoms with Crippen molar-refractivity contribution in [3.63, 3.8) is 0 Å². The van der Waals surface area contributed by atoms with Crippen LogP contribution in [-0.4, -0.2) is 23.4 Å². The number of ether oxygens (including phenoxy) is 2. The summed E-state index contributed by atoms with van der Waals surface area (Å²) >= 11 is 0. The molecule has 1 aliphatic rings. The molecule has 0 saturated heterocycles. The summed E-state index contributed by atoms with van der Waals surface area (Å²) in [5.41, 5.74) is 0. The highest BCUT2D eigenvalue weighted by Crippen LogP contribution is 2.26. The Morgan fingerprint density at radius 1 is 1.00 bits per heavy atom. The van der Waals surface area contributed by atoms with E-state index >= 15 is 0 Å². The number of nitrogens with zero attached hydrogens (tertiary/aromatic N) is 2. The van der Waals surface area contributed by atoms with Crippen LogP contribution < -0.4 is 9.47 Å². The maximum absolute atomic E-state index is 5.20. The summed E-state index contributed by atoms with van der Waals surface area (Å²) < 4.78 is 10.4. The van der Waals surface area contributed by atoms with Crippen LogP contribution in [0.3, 0.4) is 0 Å². The molecule has 4 nitrogen and oxygen atoms in total. The average Bonchev–Trinajstić information content (AvgIpc) is 2.05. The molecule has 0 saturated carbocycles. The Kier molecular flexibility index (Phi) is 1.16. The Morgan fingerprint density at radius 2 is 1.50 bits per heavy atom. The summed E-state index contributed by atoms with van der Waals surface area (Å²) in [5, 5.41) is 7.29. The standard InChI is InChI=1S/C6H6N2O2/c1-2-10-6-4-8-7-3-5(6)9-1/h3-4H,1-2H2. The van der Waals surface area contributed by atoms with Gasteiger partial charge in [0.2, 0.25) is 0 Å². The predicted molar refractivity (Wildman–Crippen MR) is 33.0 cm³/mol. The Labute approximate surface area is 57.8 Å². The smallest absolute Gasteiger partial charge is 0.183 e. The zero-order valence-corrected chi connectivity index (χ0v) is 5.28. The largest absolute Gasteiger partial charge is 0.484 e. The van der Waals surface area contributed by atoms with Gasteiger partial charge < -0.3 is 9.47 Å². The Morgan fingerprint density at radius 3 is 2.00 bits per heavy atom. The van der Waals surface area contributed by atoms with Gasteiger partial charge in [0.25, 0.3) is 0 Å². The summed E-state index contributed by atoms with van der Waals surface area (Å²) in [4.78, 5) is 0. The fourth-order valence-corrected chi connectivity index (χ4v) is 0.819. The van der Waals surface area contributed by atoms with E-state index in [0.717, 1.165) is 0 Å². The number of aromatic nitrogens is 2. The van der Waals surface area contributed by atoms with Crippen LogP contribution >= 0.6 is 0 Å². The second-order valence-corrected chi connectivity index (χ2v) is 1.91. The zero-order valence-electron chi connectivity index (χ0n) is 5.28. The third-order valence-corrected chi connectivity index (χ3v) is 1.26. The molecule has 0 aliphatic carbocycles. The minimum absolute atomic E-state index is 0.596. The molecule has 2 heterocycles. The highest BCUT2D eigenvalue weighted by Gasteiger charge is 2.09. The Hall–Kier alpha value is -1.32. The van der Waals surface area contributed by atoms with Crippen molar-refractivity contribution in [1.29, 1.82) is 0 Å². The van der Waals surface area contributed by atoms with Crippen LogP contribution in [0.2, 0.25) is 0 Å². The molecule has 0 N–H and O–H groups in total. The molecule has 1 aromatic heterocycles. The topological polar surface area (TPSA) is 44.2 Å². The summed E-state index contributed by atoms with van der Waals surface area (Å²) in [6.45, 7) is 1.19. The van der Waals surface area contributed by atoms with E-state index in [9.17, 15) is 0 Å². The third-order valence-electron chi connectivity index (χ3n) is 1.26. The van der Waals surface area contributed by atoms with Crippen LogP contribution in [0.1, 0.15) is 0 Å². The lowest BCUT2D eigenvalue weighted by Gasteiger charge is -2.15. The van der Waals surface area contributed by atoms with Gasteiger partial charge >= 0.3 is 0 Å². The molecule has 52 valence electrons. The van der Waals surface area contributed by atoms with E-state index in [1.807, 2.05) is 0 Å². The van der Waals surface area contributed by atoms with Crippen molar-refractivity contribution in [3.05, 3.63) is 12.4 Å².